The molecule has 3 nitrogen and oxygen atoms in total. The fourth-order valence-corrected chi connectivity index (χ4v) is 1.38. The van der Waals surface area contributed by atoms with Crippen LogP contribution in [0.1, 0.15) is 11.1 Å². The summed E-state index contributed by atoms with van der Waals surface area (Å²) < 4.78 is 0. The van der Waals surface area contributed by atoms with Crippen molar-refractivity contribution in [1.29, 1.82) is 0 Å². The number of hydrogen-bond acceptors (Lipinski definition) is 3. The van der Waals surface area contributed by atoms with Gasteiger partial charge >= 0.3 is 0 Å². The first-order chi connectivity index (χ1) is 5.66. The molecule has 0 saturated heterocycles. The molecule has 1 aromatic carbocycles. The molecule has 1 rings (SSSR count). The lowest BCUT2D eigenvalue weighted by atomic mass is 10.1. The first-order valence-corrected chi connectivity index (χ1v) is 4.14. The number of nitro benzene ring substituents is 1. The number of hydrogen-bond donors (Lipinski definition) is 1. The monoisotopic (exact) mass is 183 g/mol. The molecule has 0 atom stereocenters. The Morgan fingerprint density at radius 2 is 2.25 bits per heavy atom. The van der Waals surface area contributed by atoms with Crippen LogP contribution in [0.3, 0.4) is 0 Å². The molecule has 64 valence electrons. The van der Waals surface area contributed by atoms with E-state index in [-0.39, 0.29) is 10.6 Å². The van der Waals surface area contributed by atoms with Gasteiger partial charge in [0.2, 0.25) is 0 Å². The van der Waals surface area contributed by atoms with Crippen LogP contribution in [0, 0.1) is 17.0 Å². The quantitative estimate of drug-likeness (QED) is 0.434. The minimum absolute atomic E-state index is 0.168. The first kappa shape index (κ1) is 9.06. The van der Waals surface area contributed by atoms with Crippen LogP contribution in [0.5, 0.6) is 0 Å². The van der Waals surface area contributed by atoms with Gasteiger partial charge in [-0.05, 0) is 12.5 Å². The normalized spacial score (nSPS) is 9.83. The van der Waals surface area contributed by atoms with Gasteiger partial charge in [0.05, 0.1) is 4.92 Å². The third-order valence-electron chi connectivity index (χ3n) is 1.78. The smallest absolute Gasteiger partial charge is 0.258 e. The molecule has 0 saturated carbocycles. The van der Waals surface area contributed by atoms with Crippen molar-refractivity contribution in [3.63, 3.8) is 0 Å². The molecule has 0 aliphatic heterocycles. The predicted octanol–water partition coefficient (Wildman–Crippen LogP) is 2.33. The maximum atomic E-state index is 10.5. The van der Waals surface area contributed by atoms with Crippen molar-refractivity contribution in [3.8, 4) is 0 Å². The van der Waals surface area contributed by atoms with E-state index >= 15 is 0 Å². The maximum absolute atomic E-state index is 10.5. The Labute approximate surface area is 76.0 Å². The molecule has 0 aromatic heterocycles. The Morgan fingerprint density at radius 3 is 2.75 bits per heavy atom. The van der Waals surface area contributed by atoms with Gasteiger partial charge in [-0.1, -0.05) is 12.1 Å². The summed E-state index contributed by atoms with van der Waals surface area (Å²) in [6.07, 6.45) is 0. The molecule has 0 unspecified atom stereocenters. The van der Waals surface area contributed by atoms with Crippen molar-refractivity contribution < 1.29 is 4.92 Å². The van der Waals surface area contributed by atoms with Gasteiger partial charge in [-0.15, -0.1) is 0 Å². The SMILES string of the molecule is Cc1c(CS)cccc1[N+](=O)[O-]. The second kappa shape index (κ2) is 3.58. The van der Waals surface area contributed by atoms with Gasteiger partial charge in [-0.25, -0.2) is 0 Å². The minimum Gasteiger partial charge on any atom is -0.258 e. The summed E-state index contributed by atoms with van der Waals surface area (Å²) in [6, 6.07) is 5.02. The van der Waals surface area contributed by atoms with Gasteiger partial charge in [0.1, 0.15) is 0 Å². The zero-order valence-electron chi connectivity index (χ0n) is 6.65. The van der Waals surface area contributed by atoms with Crippen molar-refractivity contribution in [2.45, 2.75) is 12.7 Å². The van der Waals surface area contributed by atoms with E-state index in [0.717, 1.165) is 5.56 Å². The van der Waals surface area contributed by atoms with Crippen LogP contribution in [0.15, 0.2) is 18.2 Å². The Bertz CT molecular complexity index is 312. The van der Waals surface area contributed by atoms with E-state index in [1.807, 2.05) is 6.07 Å². The van der Waals surface area contributed by atoms with Gasteiger partial charge in [0, 0.05) is 17.4 Å². The van der Waals surface area contributed by atoms with E-state index in [4.69, 9.17) is 0 Å². The van der Waals surface area contributed by atoms with Crippen LogP contribution >= 0.6 is 12.6 Å². The highest BCUT2D eigenvalue weighted by atomic mass is 32.1. The number of thiol groups is 1. The molecule has 0 bridgehead atoms. The predicted molar refractivity (Wildman–Crippen MR) is 50.5 cm³/mol. The van der Waals surface area contributed by atoms with Crippen LogP contribution in [0.25, 0.3) is 0 Å². The van der Waals surface area contributed by atoms with Crippen molar-refractivity contribution in [3.05, 3.63) is 39.4 Å². The Balaban J connectivity index is 3.23. The van der Waals surface area contributed by atoms with E-state index in [0.29, 0.717) is 11.3 Å². The highest BCUT2D eigenvalue weighted by Crippen LogP contribution is 2.21. The molecule has 0 aliphatic carbocycles. The molecule has 0 heterocycles. The number of nitro groups is 1. The van der Waals surface area contributed by atoms with Crippen molar-refractivity contribution in [2.75, 3.05) is 0 Å². The van der Waals surface area contributed by atoms with Crippen molar-refractivity contribution in [1.82, 2.24) is 0 Å². The lowest BCUT2D eigenvalue weighted by Gasteiger charge is -2.01. The molecule has 0 N–H and O–H groups in total. The number of benzene rings is 1. The fourth-order valence-electron chi connectivity index (χ4n) is 1.04. The molecule has 4 heteroatoms. The lowest BCUT2D eigenvalue weighted by molar-refractivity contribution is -0.385. The van der Waals surface area contributed by atoms with Gasteiger partial charge < -0.3 is 0 Å². The third-order valence-corrected chi connectivity index (χ3v) is 2.13. The first-order valence-electron chi connectivity index (χ1n) is 3.50. The zero-order chi connectivity index (χ0) is 9.14. The molecule has 0 aliphatic rings. The van der Waals surface area contributed by atoms with E-state index in [1.165, 1.54) is 6.07 Å². The van der Waals surface area contributed by atoms with Gasteiger partial charge in [0.25, 0.3) is 5.69 Å². The third kappa shape index (κ3) is 1.58. The van der Waals surface area contributed by atoms with Crippen LogP contribution in [-0.2, 0) is 5.75 Å². The summed E-state index contributed by atoms with van der Waals surface area (Å²) in [7, 11) is 0. The second-order valence-corrected chi connectivity index (χ2v) is 2.79. The van der Waals surface area contributed by atoms with E-state index in [1.54, 1.807) is 13.0 Å². The number of rotatable bonds is 2. The largest absolute Gasteiger partial charge is 0.272 e. The summed E-state index contributed by atoms with van der Waals surface area (Å²) in [5.41, 5.74) is 1.78. The maximum Gasteiger partial charge on any atom is 0.272 e. The highest BCUT2D eigenvalue weighted by molar-refractivity contribution is 7.79. The Hall–Kier alpha value is -1.03. The van der Waals surface area contributed by atoms with Crippen molar-refractivity contribution in [2.24, 2.45) is 0 Å². The summed E-state index contributed by atoms with van der Waals surface area (Å²) in [5.74, 6) is 0.535. The molecular weight excluding hydrogens is 174 g/mol. The van der Waals surface area contributed by atoms with Crippen LogP contribution in [0.2, 0.25) is 0 Å². The Morgan fingerprint density at radius 1 is 1.58 bits per heavy atom. The van der Waals surface area contributed by atoms with Crippen LogP contribution < -0.4 is 0 Å². The molecule has 0 spiro atoms. The standard InChI is InChI=1S/C8H9NO2S/c1-6-7(5-12)3-2-4-8(6)9(10)11/h2-4,12H,5H2,1H3. The molecule has 0 fully saturated rings. The summed E-state index contributed by atoms with van der Waals surface area (Å²) in [4.78, 5) is 10.1. The van der Waals surface area contributed by atoms with Gasteiger partial charge in [-0.3, -0.25) is 10.1 Å². The van der Waals surface area contributed by atoms with E-state index in [9.17, 15) is 10.1 Å². The molecule has 12 heavy (non-hydrogen) atoms. The van der Waals surface area contributed by atoms with E-state index in [2.05, 4.69) is 12.6 Å². The Kier molecular flexibility index (Phi) is 2.70. The molecule has 0 radical (unpaired) electrons. The number of nitrogens with zero attached hydrogens (tertiary/aromatic N) is 1. The van der Waals surface area contributed by atoms with Gasteiger partial charge in [-0.2, -0.15) is 12.6 Å². The average Bonchev–Trinajstić information content (AvgIpc) is 2.04. The summed E-state index contributed by atoms with van der Waals surface area (Å²) in [5, 5.41) is 10.5. The zero-order valence-corrected chi connectivity index (χ0v) is 7.54. The molecule has 1 aromatic rings. The summed E-state index contributed by atoms with van der Waals surface area (Å²) in [6.45, 7) is 1.74. The highest BCUT2D eigenvalue weighted by Gasteiger charge is 2.11. The average molecular weight is 183 g/mol. The molecular formula is C8H9NO2S. The van der Waals surface area contributed by atoms with Crippen molar-refractivity contribution >= 4 is 18.3 Å². The van der Waals surface area contributed by atoms with E-state index < -0.39 is 0 Å². The fraction of sp³-hybridized carbons (Fsp3) is 0.250. The second-order valence-electron chi connectivity index (χ2n) is 2.48. The molecule has 0 amide bonds. The minimum atomic E-state index is -0.373. The summed E-state index contributed by atoms with van der Waals surface area (Å²) >= 11 is 4.07. The topological polar surface area (TPSA) is 43.1 Å². The van der Waals surface area contributed by atoms with Crippen LogP contribution in [0.4, 0.5) is 5.69 Å². The van der Waals surface area contributed by atoms with Gasteiger partial charge in [0.15, 0.2) is 0 Å². The van der Waals surface area contributed by atoms with Crippen LogP contribution in [-0.4, -0.2) is 4.92 Å². The lowest BCUT2D eigenvalue weighted by Crippen LogP contribution is -1.94.